The molecular weight excluding hydrogens is 427 g/mol. The number of hydrogen-bond acceptors (Lipinski definition) is 4. The van der Waals surface area contributed by atoms with Crippen LogP contribution < -0.4 is 5.32 Å². The second-order valence-electron chi connectivity index (χ2n) is 8.24. The van der Waals surface area contributed by atoms with E-state index in [4.69, 9.17) is 4.52 Å². The topological polar surface area (TPSA) is 51.0 Å². The normalized spacial score (nSPS) is 16.8. The van der Waals surface area contributed by atoms with E-state index in [1.165, 1.54) is 25.3 Å². The third kappa shape index (κ3) is 7.49. The maximum Gasteiger partial charge on any atom is 0.416 e. The number of piperidine rings is 1. The lowest BCUT2D eigenvalue weighted by molar-refractivity contribution is -0.138. The van der Waals surface area contributed by atoms with Crippen molar-refractivity contribution in [1.82, 2.24) is 15.5 Å². The Kier molecular flexibility index (Phi) is 10.3. The summed E-state index contributed by atoms with van der Waals surface area (Å²) in [4.78, 5) is 4.38. The number of rotatable bonds is 10. The summed E-state index contributed by atoms with van der Waals surface area (Å²) in [5.41, 5.74) is 0.112. The molecule has 1 fully saturated rings. The lowest BCUT2D eigenvalue weighted by Gasteiger charge is -2.18. The number of halogens is 4. The highest BCUT2D eigenvalue weighted by Gasteiger charge is 2.34. The van der Waals surface area contributed by atoms with Crippen LogP contribution in [0.25, 0.3) is 11.4 Å². The summed E-state index contributed by atoms with van der Waals surface area (Å²) in [5, 5.41) is 7.22. The predicted molar refractivity (Wildman–Crippen MR) is 119 cm³/mol. The third-order valence-electron chi connectivity index (χ3n) is 5.81. The second kappa shape index (κ2) is 12.4. The first-order valence-corrected chi connectivity index (χ1v) is 11.2. The zero-order valence-corrected chi connectivity index (χ0v) is 19.0. The first-order chi connectivity index (χ1) is 14.5. The van der Waals surface area contributed by atoms with Crippen LogP contribution in [0.5, 0.6) is 0 Å². The van der Waals surface area contributed by atoms with Gasteiger partial charge >= 0.3 is 6.18 Å². The summed E-state index contributed by atoms with van der Waals surface area (Å²) < 4.78 is 46.4. The molecular formula is C23H33ClF3N3O. The maximum absolute atomic E-state index is 13.7. The standard InChI is InChI=1S/C23H32F3N3O.ClH/c1-2-3-4-5-6-7-8-10-17-12-13-18(15-20(17)23(24,25)26)21-28-22(30-29-21)19-11-9-14-27-16-19;/h12-13,15,19,27H,2-11,14,16H2,1H3;1H/t19-;/m1./s1. The molecule has 1 aromatic carbocycles. The van der Waals surface area contributed by atoms with E-state index in [-0.39, 0.29) is 24.1 Å². The SMILES string of the molecule is CCCCCCCCCc1ccc(-c2noc([C@@H]3CCCNC3)n2)cc1C(F)(F)F.Cl. The molecule has 1 N–H and O–H groups in total. The third-order valence-corrected chi connectivity index (χ3v) is 5.81. The monoisotopic (exact) mass is 459 g/mol. The van der Waals surface area contributed by atoms with E-state index in [0.717, 1.165) is 51.6 Å². The highest BCUT2D eigenvalue weighted by Crippen LogP contribution is 2.35. The summed E-state index contributed by atoms with van der Waals surface area (Å²) in [7, 11) is 0. The van der Waals surface area contributed by atoms with E-state index in [1.807, 2.05) is 0 Å². The van der Waals surface area contributed by atoms with Gasteiger partial charge in [0.05, 0.1) is 11.5 Å². The van der Waals surface area contributed by atoms with Gasteiger partial charge in [-0.3, -0.25) is 0 Å². The molecule has 0 aliphatic carbocycles. The van der Waals surface area contributed by atoms with E-state index in [9.17, 15) is 13.2 Å². The summed E-state index contributed by atoms with van der Waals surface area (Å²) in [6, 6.07) is 4.43. The van der Waals surface area contributed by atoms with E-state index < -0.39 is 11.7 Å². The highest BCUT2D eigenvalue weighted by molar-refractivity contribution is 5.85. The van der Waals surface area contributed by atoms with Crippen LogP contribution in [0.15, 0.2) is 22.7 Å². The molecule has 0 saturated carbocycles. The zero-order chi connectivity index (χ0) is 21.4. The molecule has 0 spiro atoms. The van der Waals surface area contributed by atoms with Crippen molar-refractivity contribution < 1.29 is 17.7 Å². The number of aromatic nitrogens is 2. The maximum atomic E-state index is 13.7. The Labute approximate surface area is 188 Å². The number of alkyl halides is 3. The Hall–Kier alpha value is -1.60. The first kappa shape index (κ1) is 25.7. The van der Waals surface area contributed by atoms with Crippen LogP contribution in [0.1, 0.15) is 87.6 Å². The smallest absolute Gasteiger partial charge is 0.339 e. The van der Waals surface area contributed by atoms with Crippen molar-refractivity contribution in [3.05, 3.63) is 35.2 Å². The molecule has 0 radical (unpaired) electrons. The van der Waals surface area contributed by atoms with Crippen LogP contribution >= 0.6 is 12.4 Å². The Morgan fingerprint density at radius 1 is 1.10 bits per heavy atom. The van der Waals surface area contributed by atoms with Crippen molar-refractivity contribution in [3.8, 4) is 11.4 Å². The number of hydrogen-bond donors (Lipinski definition) is 1. The summed E-state index contributed by atoms with van der Waals surface area (Å²) in [6.07, 6.45) is 5.63. The van der Waals surface area contributed by atoms with Crippen molar-refractivity contribution in [1.29, 1.82) is 0 Å². The predicted octanol–water partition coefficient (Wildman–Crippen LogP) is 6.94. The number of aryl methyl sites for hydroxylation is 1. The van der Waals surface area contributed by atoms with Gasteiger partial charge in [0.15, 0.2) is 0 Å². The molecule has 1 aliphatic heterocycles. The van der Waals surface area contributed by atoms with E-state index in [1.54, 1.807) is 12.1 Å². The van der Waals surface area contributed by atoms with E-state index >= 15 is 0 Å². The van der Waals surface area contributed by atoms with Crippen molar-refractivity contribution in [2.24, 2.45) is 0 Å². The minimum atomic E-state index is -4.40. The fourth-order valence-corrected chi connectivity index (χ4v) is 4.05. The number of unbranched alkanes of at least 4 members (excludes halogenated alkanes) is 6. The summed E-state index contributed by atoms with van der Waals surface area (Å²) in [5.74, 6) is 0.847. The molecule has 174 valence electrons. The molecule has 1 aliphatic rings. The van der Waals surface area contributed by atoms with Crippen molar-refractivity contribution in [3.63, 3.8) is 0 Å². The fourth-order valence-electron chi connectivity index (χ4n) is 4.05. The van der Waals surface area contributed by atoms with Gasteiger partial charge in [-0.05, 0) is 43.9 Å². The van der Waals surface area contributed by atoms with E-state index in [0.29, 0.717) is 23.4 Å². The van der Waals surface area contributed by atoms with Gasteiger partial charge < -0.3 is 9.84 Å². The van der Waals surface area contributed by atoms with Crippen LogP contribution in [-0.4, -0.2) is 23.2 Å². The number of benzene rings is 1. The fraction of sp³-hybridized carbons (Fsp3) is 0.652. The van der Waals surface area contributed by atoms with Gasteiger partial charge in [0.2, 0.25) is 11.7 Å². The molecule has 1 aromatic heterocycles. The average Bonchev–Trinajstić information content (AvgIpc) is 3.23. The minimum absolute atomic E-state index is 0. The molecule has 3 rings (SSSR count). The van der Waals surface area contributed by atoms with Gasteiger partial charge in [0, 0.05) is 12.1 Å². The molecule has 0 amide bonds. The molecule has 31 heavy (non-hydrogen) atoms. The first-order valence-electron chi connectivity index (χ1n) is 11.2. The van der Waals surface area contributed by atoms with Crippen molar-refractivity contribution >= 4 is 12.4 Å². The Balaban J connectivity index is 0.00000341. The van der Waals surface area contributed by atoms with Crippen LogP contribution in [0.2, 0.25) is 0 Å². The molecule has 1 saturated heterocycles. The largest absolute Gasteiger partial charge is 0.416 e. The Morgan fingerprint density at radius 2 is 1.84 bits per heavy atom. The number of nitrogens with zero attached hydrogens (tertiary/aromatic N) is 2. The van der Waals surface area contributed by atoms with Gasteiger partial charge in [-0.25, -0.2) is 0 Å². The highest BCUT2D eigenvalue weighted by atomic mass is 35.5. The molecule has 2 heterocycles. The molecule has 0 bridgehead atoms. The van der Waals surface area contributed by atoms with E-state index in [2.05, 4.69) is 22.4 Å². The Bertz CT molecular complexity index is 789. The molecule has 2 aromatic rings. The van der Waals surface area contributed by atoms with Crippen molar-refractivity contribution in [2.45, 2.75) is 83.2 Å². The van der Waals surface area contributed by atoms with Gasteiger partial charge in [0.1, 0.15) is 0 Å². The average molecular weight is 460 g/mol. The second-order valence-corrected chi connectivity index (χ2v) is 8.24. The minimum Gasteiger partial charge on any atom is -0.339 e. The van der Waals surface area contributed by atoms with Gasteiger partial charge in [-0.15, -0.1) is 12.4 Å². The van der Waals surface area contributed by atoms with Gasteiger partial charge in [0.25, 0.3) is 0 Å². The van der Waals surface area contributed by atoms with Gasteiger partial charge in [-0.1, -0.05) is 62.7 Å². The Morgan fingerprint density at radius 3 is 2.52 bits per heavy atom. The van der Waals surface area contributed by atoms with Crippen LogP contribution in [0.3, 0.4) is 0 Å². The quantitative estimate of drug-likeness (QED) is 0.391. The lowest BCUT2D eigenvalue weighted by atomic mass is 9.97. The lowest BCUT2D eigenvalue weighted by Crippen LogP contribution is -2.28. The zero-order valence-electron chi connectivity index (χ0n) is 18.1. The van der Waals surface area contributed by atoms with Gasteiger partial charge in [-0.2, -0.15) is 18.2 Å². The van der Waals surface area contributed by atoms with Crippen LogP contribution in [0.4, 0.5) is 13.2 Å². The molecule has 1 atom stereocenters. The van der Waals surface area contributed by atoms with Crippen LogP contribution in [0, 0.1) is 0 Å². The molecule has 8 heteroatoms. The number of nitrogens with one attached hydrogen (secondary N) is 1. The summed E-state index contributed by atoms with van der Waals surface area (Å²) >= 11 is 0. The van der Waals surface area contributed by atoms with Crippen molar-refractivity contribution in [2.75, 3.05) is 13.1 Å². The molecule has 4 nitrogen and oxygen atoms in total. The summed E-state index contributed by atoms with van der Waals surface area (Å²) in [6.45, 7) is 3.89. The van der Waals surface area contributed by atoms with Crippen LogP contribution in [-0.2, 0) is 12.6 Å². The molecule has 0 unspecified atom stereocenters.